The third-order valence-electron chi connectivity index (χ3n) is 4.35. The second kappa shape index (κ2) is 8.83. The Morgan fingerprint density at radius 2 is 1.38 bits per heavy atom. The molecule has 12 heteroatoms. The fourth-order valence-corrected chi connectivity index (χ4v) is 3.65. The SMILES string of the molecule is CC#Cc1ccc(/C=C/c2cc(-c3cc(C(F)(F)F)n[n-]3)nc(-c3cc(C(F)(F)F)n[n-]3)c2)s1. The van der Waals surface area contributed by atoms with Crippen LogP contribution >= 0.6 is 11.3 Å². The number of aromatic nitrogens is 5. The molecule has 4 aromatic rings. The summed E-state index contributed by atoms with van der Waals surface area (Å²) in [5.41, 5.74) is -2.36. The van der Waals surface area contributed by atoms with E-state index in [4.69, 9.17) is 0 Å². The Hall–Kier alpha value is -3.85. The van der Waals surface area contributed by atoms with Gasteiger partial charge in [0.05, 0.1) is 16.3 Å². The summed E-state index contributed by atoms with van der Waals surface area (Å²) in [6.07, 6.45) is -6.03. The lowest BCUT2D eigenvalue weighted by Gasteiger charge is -2.11. The van der Waals surface area contributed by atoms with Gasteiger partial charge in [-0.3, -0.25) is 4.98 Å². The Bertz CT molecular complexity index is 1340. The number of rotatable bonds is 4. The molecule has 0 radical (unpaired) electrons. The first-order chi connectivity index (χ1) is 16.0. The van der Waals surface area contributed by atoms with Crippen LogP contribution in [0.5, 0.6) is 0 Å². The highest BCUT2D eigenvalue weighted by atomic mass is 32.1. The van der Waals surface area contributed by atoms with E-state index in [1.54, 1.807) is 19.1 Å². The molecule has 0 saturated heterocycles. The van der Waals surface area contributed by atoms with Crippen LogP contribution in [-0.4, -0.2) is 15.2 Å². The smallest absolute Gasteiger partial charge is 0.431 e. The summed E-state index contributed by atoms with van der Waals surface area (Å²) >= 11 is 1.42. The Balaban J connectivity index is 1.77. The Labute approximate surface area is 192 Å². The molecular formula is C22H11F6N5S-2. The summed E-state index contributed by atoms with van der Waals surface area (Å²) in [7, 11) is 0. The average molecular weight is 491 g/mol. The minimum atomic E-state index is -4.71. The van der Waals surface area contributed by atoms with Crippen molar-refractivity contribution in [2.45, 2.75) is 19.3 Å². The highest BCUT2D eigenvalue weighted by molar-refractivity contribution is 7.13. The number of pyridine rings is 1. The molecule has 0 unspecified atom stereocenters. The first kappa shape index (κ1) is 23.3. The highest BCUT2D eigenvalue weighted by Gasteiger charge is 2.32. The Morgan fingerprint density at radius 3 is 1.85 bits per heavy atom. The molecule has 0 aliphatic heterocycles. The van der Waals surface area contributed by atoms with Gasteiger partial charge in [-0.25, -0.2) is 0 Å². The van der Waals surface area contributed by atoms with E-state index in [9.17, 15) is 26.3 Å². The third-order valence-corrected chi connectivity index (χ3v) is 5.31. The van der Waals surface area contributed by atoms with Gasteiger partial charge in [-0.1, -0.05) is 23.4 Å². The molecule has 4 rings (SSSR count). The maximum Gasteiger partial charge on any atom is 0.431 e. The minimum absolute atomic E-state index is 0.0135. The standard InChI is InChI=1S/C22H11F6N5S/c1-2-3-13-6-7-14(34-13)5-4-12-8-15(17-10-19(32-30-17)21(23,24)25)29-16(9-12)18-11-20(33-31-18)22(26,27)28/h4-11H,1H3/q-2/b5-4+. The molecular weight excluding hydrogens is 480 g/mol. The summed E-state index contributed by atoms with van der Waals surface area (Å²) in [5.74, 6) is 5.72. The van der Waals surface area contributed by atoms with Crippen molar-refractivity contribution in [1.82, 2.24) is 25.4 Å². The van der Waals surface area contributed by atoms with E-state index in [0.717, 1.165) is 9.75 Å². The Morgan fingerprint density at radius 1 is 0.824 bits per heavy atom. The molecule has 0 bridgehead atoms. The van der Waals surface area contributed by atoms with Gasteiger partial charge in [-0.05, 0) is 55.0 Å². The van der Waals surface area contributed by atoms with Crippen LogP contribution in [-0.2, 0) is 12.4 Å². The average Bonchev–Trinajstić information content (AvgIpc) is 3.52. The number of nitrogens with zero attached hydrogens (tertiary/aromatic N) is 5. The van der Waals surface area contributed by atoms with Crippen LogP contribution in [0.1, 0.15) is 33.6 Å². The number of alkyl halides is 6. The molecule has 34 heavy (non-hydrogen) atoms. The van der Waals surface area contributed by atoms with Gasteiger partial charge in [0.2, 0.25) is 0 Å². The summed E-state index contributed by atoms with van der Waals surface area (Å²) in [5, 5.41) is 13.3. The molecule has 0 aliphatic rings. The predicted molar refractivity (Wildman–Crippen MR) is 113 cm³/mol. The Kier molecular flexibility index (Phi) is 6.05. The van der Waals surface area contributed by atoms with Crippen molar-refractivity contribution < 1.29 is 26.3 Å². The van der Waals surface area contributed by atoms with Gasteiger partial charge < -0.3 is 20.4 Å². The van der Waals surface area contributed by atoms with Gasteiger partial charge in [-0.2, -0.15) is 26.3 Å². The zero-order valence-electron chi connectivity index (χ0n) is 17.0. The maximum atomic E-state index is 13.0. The molecule has 0 spiro atoms. The van der Waals surface area contributed by atoms with Crippen LogP contribution in [0.25, 0.3) is 34.9 Å². The molecule has 4 aromatic heterocycles. The van der Waals surface area contributed by atoms with E-state index < -0.39 is 23.7 Å². The van der Waals surface area contributed by atoms with Crippen LogP contribution in [0, 0.1) is 11.8 Å². The molecule has 0 atom stereocenters. The van der Waals surface area contributed by atoms with Crippen LogP contribution in [0.3, 0.4) is 0 Å². The number of hydrogen-bond donors (Lipinski definition) is 0. The molecule has 0 aliphatic carbocycles. The molecule has 0 N–H and O–H groups in total. The predicted octanol–water partition coefficient (Wildman–Crippen LogP) is 5.76. The van der Waals surface area contributed by atoms with E-state index in [1.807, 2.05) is 12.1 Å². The largest absolute Gasteiger partial charge is 0.573 e. The lowest BCUT2D eigenvalue weighted by Crippen LogP contribution is -2.04. The second-order valence-corrected chi connectivity index (χ2v) is 7.92. The second-order valence-electron chi connectivity index (χ2n) is 6.81. The van der Waals surface area contributed by atoms with Crippen molar-refractivity contribution in [1.29, 1.82) is 0 Å². The van der Waals surface area contributed by atoms with Gasteiger partial charge >= 0.3 is 12.4 Å². The third kappa shape index (κ3) is 5.20. The van der Waals surface area contributed by atoms with Crippen molar-refractivity contribution >= 4 is 23.5 Å². The monoisotopic (exact) mass is 491 g/mol. The van der Waals surface area contributed by atoms with Gasteiger partial charge in [0.25, 0.3) is 0 Å². The first-order valence-corrected chi connectivity index (χ1v) is 10.2. The zero-order chi connectivity index (χ0) is 24.5. The van der Waals surface area contributed by atoms with Crippen molar-refractivity contribution in [3.8, 4) is 34.6 Å². The molecule has 174 valence electrons. The van der Waals surface area contributed by atoms with E-state index in [-0.39, 0.29) is 22.8 Å². The lowest BCUT2D eigenvalue weighted by atomic mass is 10.1. The number of thiophene rings is 1. The molecule has 4 heterocycles. The highest BCUT2D eigenvalue weighted by Crippen LogP contribution is 2.33. The maximum absolute atomic E-state index is 13.0. The molecule has 5 nitrogen and oxygen atoms in total. The molecule has 0 fully saturated rings. The minimum Gasteiger partial charge on any atom is -0.573 e. The van der Waals surface area contributed by atoms with E-state index in [1.165, 1.54) is 23.5 Å². The zero-order valence-corrected chi connectivity index (χ0v) is 17.8. The van der Waals surface area contributed by atoms with Crippen LogP contribution in [0.15, 0.2) is 36.4 Å². The van der Waals surface area contributed by atoms with E-state index in [2.05, 4.69) is 37.2 Å². The lowest BCUT2D eigenvalue weighted by molar-refractivity contribution is -0.142. The van der Waals surface area contributed by atoms with Gasteiger partial charge in [0.15, 0.2) is 0 Å². The van der Waals surface area contributed by atoms with Crippen molar-refractivity contribution in [3.05, 3.63) is 63.1 Å². The van der Waals surface area contributed by atoms with Crippen molar-refractivity contribution in [3.63, 3.8) is 0 Å². The van der Waals surface area contributed by atoms with Gasteiger partial charge in [-0.15, -0.1) is 17.3 Å². The van der Waals surface area contributed by atoms with Gasteiger partial charge in [0.1, 0.15) is 11.4 Å². The van der Waals surface area contributed by atoms with Crippen LogP contribution in [0.2, 0.25) is 0 Å². The summed E-state index contributed by atoms with van der Waals surface area (Å²) in [4.78, 5) is 5.85. The van der Waals surface area contributed by atoms with Crippen LogP contribution in [0.4, 0.5) is 26.3 Å². The fraction of sp³-hybridized carbons (Fsp3) is 0.136. The molecule has 0 saturated carbocycles. The summed E-state index contributed by atoms with van der Waals surface area (Å²) in [6, 6.07) is 8.00. The summed E-state index contributed by atoms with van der Waals surface area (Å²) < 4.78 is 77.7. The number of halogens is 6. The quantitative estimate of drug-likeness (QED) is 0.268. The normalized spacial score (nSPS) is 12.2. The van der Waals surface area contributed by atoms with Gasteiger partial charge in [0, 0.05) is 4.88 Å². The van der Waals surface area contributed by atoms with Crippen molar-refractivity contribution in [2.75, 3.05) is 0 Å². The number of hydrogen-bond acceptors (Lipinski definition) is 4. The fourth-order valence-electron chi connectivity index (χ4n) is 2.84. The van der Waals surface area contributed by atoms with Crippen molar-refractivity contribution in [2.24, 2.45) is 0 Å². The topological polar surface area (TPSA) is 66.9 Å². The van der Waals surface area contributed by atoms with E-state index in [0.29, 0.717) is 17.7 Å². The molecule has 0 aromatic carbocycles. The molecule has 0 amide bonds. The first-order valence-electron chi connectivity index (χ1n) is 9.41. The van der Waals surface area contributed by atoms with Crippen LogP contribution < -0.4 is 10.2 Å². The van der Waals surface area contributed by atoms with E-state index >= 15 is 0 Å². The summed E-state index contributed by atoms with van der Waals surface area (Å²) in [6.45, 7) is 1.71.